The monoisotopic (exact) mass is 246 g/mol. The minimum atomic E-state index is -0.0242. The third-order valence-corrected chi connectivity index (χ3v) is 2.88. The summed E-state index contributed by atoms with van der Waals surface area (Å²) in [7, 11) is 1.68. The Morgan fingerprint density at radius 2 is 2.22 bits per heavy atom. The molecule has 0 aliphatic rings. The Kier molecular flexibility index (Phi) is 4.36. The average Bonchev–Trinajstić information content (AvgIpc) is 2.85. The maximum atomic E-state index is 11.9. The van der Waals surface area contributed by atoms with Gasteiger partial charge in [-0.15, -0.1) is 0 Å². The molecule has 4 nitrogen and oxygen atoms in total. The van der Waals surface area contributed by atoms with E-state index in [1.807, 2.05) is 30.5 Å². The van der Waals surface area contributed by atoms with Crippen LogP contribution in [0.2, 0.25) is 0 Å². The molecule has 0 fully saturated rings. The molecule has 1 aromatic heterocycles. The van der Waals surface area contributed by atoms with E-state index in [0.717, 1.165) is 30.4 Å². The summed E-state index contributed by atoms with van der Waals surface area (Å²) in [5, 5.41) is 4.02. The summed E-state index contributed by atoms with van der Waals surface area (Å²) in [6.45, 7) is 1.43. The lowest BCUT2D eigenvalue weighted by atomic mass is 10.1. The predicted octanol–water partition coefficient (Wildman–Crippen LogP) is 2.32. The second-order valence-corrected chi connectivity index (χ2v) is 4.24. The van der Waals surface area contributed by atoms with Crippen LogP contribution in [0.15, 0.2) is 30.5 Å². The van der Waals surface area contributed by atoms with Crippen molar-refractivity contribution in [2.75, 3.05) is 20.3 Å². The summed E-state index contributed by atoms with van der Waals surface area (Å²) in [6, 6.07) is 7.66. The number of aromatic amines is 1. The van der Waals surface area contributed by atoms with E-state index >= 15 is 0 Å². The Hall–Kier alpha value is -1.81. The largest absolute Gasteiger partial charge is 0.385 e. The van der Waals surface area contributed by atoms with Crippen LogP contribution < -0.4 is 5.32 Å². The molecule has 2 rings (SSSR count). The number of carbonyl (C=O) groups is 1. The van der Waals surface area contributed by atoms with Gasteiger partial charge in [0.05, 0.1) is 0 Å². The molecule has 0 unspecified atom stereocenters. The summed E-state index contributed by atoms with van der Waals surface area (Å²) in [5.41, 5.74) is 1.68. The second-order valence-electron chi connectivity index (χ2n) is 4.24. The van der Waals surface area contributed by atoms with Crippen molar-refractivity contribution in [3.05, 3.63) is 36.0 Å². The van der Waals surface area contributed by atoms with Crippen molar-refractivity contribution >= 4 is 16.8 Å². The number of unbranched alkanes of at least 4 members (excludes halogenated alkanes) is 1. The first kappa shape index (κ1) is 12.6. The number of hydrogen-bond acceptors (Lipinski definition) is 2. The zero-order valence-electron chi connectivity index (χ0n) is 10.5. The maximum Gasteiger partial charge on any atom is 0.251 e. The number of amides is 1. The van der Waals surface area contributed by atoms with E-state index in [2.05, 4.69) is 10.3 Å². The number of hydrogen-bond donors (Lipinski definition) is 2. The van der Waals surface area contributed by atoms with Gasteiger partial charge in [-0.1, -0.05) is 6.07 Å². The summed E-state index contributed by atoms with van der Waals surface area (Å²) in [5.74, 6) is -0.0242. The first-order valence-electron chi connectivity index (χ1n) is 6.15. The van der Waals surface area contributed by atoms with Gasteiger partial charge in [0.15, 0.2) is 0 Å². The van der Waals surface area contributed by atoms with Crippen LogP contribution in [0, 0.1) is 0 Å². The number of fused-ring (bicyclic) bond motifs is 1. The number of carbonyl (C=O) groups excluding carboxylic acids is 1. The van der Waals surface area contributed by atoms with Gasteiger partial charge in [0, 0.05) is 37.5 Å². The topological polar surface area (TPSA) is 54.1 Å². The minimum Gasteiger partial charge on any atom is -0.385 e. The number of benzene rings is 1. The fourth-order valence-corrected chi connectivity index (χ4v) is 1.86. The van der Waals surface area contributed by atoms with Gasteiger partial charge in [-0.3, -0.25) is 4.79 Å². The molecule has 18 heavy (non-hydrogen) atoms. The maximum absolute atomic E-state index is 11.9. The third kappa shape index (κ3) is 3.11. The molecule has 96 valence electrons. The highest BCUT2D eigenvalue weighted by Gasteiger charge is 2.05. The Balaban J connectivity index is 1.88. The molecule has 0 aliphatic carbocycles. The molecule has 0 saturated carbocycles. The molecular weight excluding hydrogens is 228 g/mol. The highest BCUT2D eigenvalue weighted by atomic mass is 16.5. The molecule has 4 heteroatoms. The predicted molar refractivity (Wildman–Crippen MR) is 71.7 cm³/mol. The molecule has 0 spiro atoms. The van der Waals surface area contributed by atoms with Gasteiger partial charge in [-0.25, -0.2) is 0 Å². The number of ether oxygens (including phenoxy) is 1. The average molecular weight is 246 g/mol. The lowest BCUT2D eigenvalue weighted by Crippen LogP contribution is -2.24. The van der Waals surface area contributed by atoms with Crippen LogP contribution in [0.1, 0.15) is 23.2 Å². The molecule has 0 atom stereocenters. The van der Waals surface area contributed by atoms with E-state index in [1.165, 1.54) is 0 Å². The van der Waals surface area contributed by atoms with Crippen molar-refractivity contribution in [2.45, 2.75) is 12.8 Å². The Bertz CT molecular complexity index is 519. The Morgan fingerprint density at radius 1 is 1.33 bits per heavy atom. The molecule has 2 N–H and O–H groups in total. The van der Waals surface area contributed by atoms with Crippen LogP contribution in [0.5, 0.6) is 0 Å². The number of rotatable bonds is 6. The smallest absolute Gasteiger partial charge is 0.251 e. The molecular formula is C14H18N2O2. The van der Waals surface area contributed by atoms with Gasteiger partial charge >= 0.3 is 0 Å². The molecule has 0 radical (unpaired) electrons. The first-order valence-corrected chi connectivity index (χ1v) is 6.15. The van der Waals surface area contributed by atoms with Crippen LogP contribution >= 0.6 is 0 Å². The SMILES string of the molecule is COCCCCNC(=O)c1ccc2cc[nH]c2c1. The van der Waals surface area contributed by atoms with Gasteiger partial charge in [-0.2, -0.15) is 0 Å². The second kappa shape index (κ2) is 6.21. The molecule has 1 aromatic carbocycles. The van der Waals surface area contributed by atoms with E-state index in [4.69, 9.17) is 4.74 Å². The fraction of sp³-hybridized carbons (Fsp3) is 0.357. The van der Waals surface area contributed by atoms with Gasteiger partial charge in [0.25, 0.3) is 5.91 Å². The van der Waals surface area contributed by atoms with Crippen molar-refractivity contribution < 1.29 is 9.53 Å². The molecule has 0 aliphatic heterocycles. The Morgan fingerprint density at radius 3 is 3.06 bits per heavy atom. The van der Waals surface area contributed by atoms with Crippen LogP contribution in [-0.2, 0) is 4.74 Å². The molecule has 2 aromatic rings. The quantitative estimate of drug-likeness (QED) is 0.768. The highest BCUT2D eigenvalue weighted by Crippen LogP contribution is 2.13. The summed E-state index contributed by atoms with van der Waals surface area (Å²) in [6.07, 6.45) is 3.77. The summed E-state index contributed by atoms with van der Waals surface area (Å²) >= 11 is 0. The minimum absolute atomic E-state index is 0.0242. The number of nitrogens with one attached hydrogen (secondary N) is 2. The Labute approximate surface area is 106 Å². The lowest BCUT2D eigenvalue weighted by molar-refractivity contribution is 0.0951. The number of aromatic nitrogens is 1. The first-order chi connectivity index (χ1) is 8.81. The zero-order chi connectivity index (χ0) is 12.8. The van der Waals surface area contributed by atoms with E-state index in [9.17, 15) is 4.79 Å². The standard InChI is InChI=1S/C14H18N2O2/c1-18-9-3-2-7-16-14(17)12-5-4-11-6-8-15-13(11)10-12/h4-6,8,10,15H,2-3,7,9H2,1H3,(H,16,17). The number of H-pyrrole nitrogens is 1. The molecule has 0 bridgehead atoms. The van der Waals surface area contributed by atoms with Crippen LogP contribution in [-0.4, -0.2) is 31.2 Å². The molecule has 1 heterocycles. The van der Waals surface area contributed by atoms with Crippen molar-refractivity contribution in [3.63, 3.8) is 0 Å². The van der Waals surface area contributed by atoms with Gasteiger partial charge in [0.1, 0.15) is 0 Å². The van der Waals surface area contributed by atoms with Crippen molar-refractivity contribution in [2.24, 2.45) is 0 Å². The third-order valence-electron chi connectivity index (χ3n) is 2.88. The van der Waals surface area contributed by atoms with Crippen molar-refractivity contribution in [1.29, 1.82) is 0 Å². The number of methoxy groups -OCH3 is 1. The van der Waals surface area contributed by atoms with Crippen molar-refractivity contribution in [1.82, 2.24) is 10.3 Å². The molecule has 1 amide bonds. The normalized spacial score (nSPS) is 10.7. The van der Waals surface area contributed by atoms with Crippen LogP contribution in [0.25, 0.3) is 10.9 Å². The van der Waals surface area contributed by atoms with E-state index in [-0.39, 0.29) is 5.91 Å². The van der Waals surface area contributed by atoms with Gasteiger partial charge in [0.2, 0.25) is 0 Å². The van der Waals surface area contributed by atoms with E-state index in [1.54, 1.807) is 7.11 Å². The van der Waals surface area contributed by atoms with E-state index in [0.29, 0.717) is 12.1 Å². The lowest BCUT2D eigenvalue weighted by Gasteiger charge is -2.05. The van der Waals surface area contributed by atoms with Crippen LogP contribution in [0.4, 0.5) is 0 Å². The summed E-state index contributed by atoms with van der Waals surface area (Å²) in [4.78, 5) is 15.0. The van der Waals surface area contributed by atoms with Gasteiger partial charge < -0.3 is 15.0 Å². The van der Waals surface area contributed by atoms with Crippen molar-refractivity contribution in [3.8, 4) is 0 Å². The zero-order valence-corrected chi connectivity index (χ0v) is 10.5. The molecule has 0 saturated heterocycles. The summed E-state index contributed by atoms with van der Waals surface area (Å²) < 4.78 is 4.96. The van der Waals surface area contributed by atoms with Crippen LogP contribution in [0.3, 0.4) is 0 Å². The fourth-order valence-electron chi connectivity index (χ4n) is 1.86. The van der Waals surface area contributed by atoms with Gasteiger partial charge in [-0.05, 0) is 36.4 Å². The highest BCUT2D eigenvalue weighted by molar-refractivity contribution is 5.97. The van der Waals surface area contributed by atoms with E-state index < -0.39 is 0 Å².